The van der Waals surface area contributed by atoms with Crippen molar-refractivity contribution < 1.29 is 0 Å². The highest BCUT2D eigenvalue weighted by Gasteiger charge is 2.22. The molecule has 0 spiro atoms. The van der Waals surface area contributed by atoms with Crippen molar-refractivity contribution in [3.8, 4) is 0 Å². The third kappa shape index (κ3) is 7.81. The molecule has 0 heterocycles. The molecule has 1 heteroatoms. The summed E-state index contributed by atoms with van der Waals surface area (Å²) in [6.07, 6.45) is 15.2. The highest BCUT2D eigenvalue weighted by Crippen LogP contribution is 2.36. The van der Waals surface area contributed by atoms with E-state index in [0.717, 1.165) is 6.54 Å². The first-order chi connectivity index (χ1) is 8.24. The third-order valence-electron chi connectivity index (χ3n) is 4.66. The quantitative estimate of drug-likeness (QED) is 0.462. The second-order valence-electron chi connectivity index (χ2n) is 5.57. The monoisotopic (exact) mass is 241 g/mol. The molecule has 0 aromatic rings. The number of hydrogen-bond acceptors (Lipinski definition) is 1. The van der Waals surface area contributed by atoms with Crippen LogP contribution in [0, 0.1) is 5.41 Å². The molecule has 0 aromatic heterocycles. The Bertz CT molecular complexity index is 141. The molecule has 0 aliphatic carbocycles. The van der Waals surface area contributed by atoms with Gasteiger partial charge in [0.2, 0.25) is 0 Å². The first-order valence-electron chi connectivity index (χ1n) is 7.94. The molecule has 0 radical (unpaired) electrons. The van der Waals surface area contributed by atoms with Gasteiger partial charge in [0.05, 0.1) is 0 Å². The van der Waals surface area contributed by atoms with Crippen LogP contribution in [0.15, 0.2) is 0 Å². The van der Waals surface area contributed by atoms with E-state index in [1.807, 2.05) is 0 Å². The lowest BCUT2D eigenvalue weighted by Crippen LogP contribution is -2.17. The first-order valence-corrected chi connectivity index (χ1v) is 7.94. The second-order valence-corrected chi connectivity index (χ2v) is 5.57. The van der Waals surface area contributed by atoms with E-state index in [1.165, 1.54) is 70.6 Å². The topological polar surface area (TPSA) is 26.0 Å². The Hall–Kier alpha value is -0.0400. The molecule has 0 amide bonds. The van der Waals surface area contributed by atoms with E-state index in [4.69, 9.17) is 5.73 Å². The molecule has 0 aromatic carbocycles. The van der Waals surface area contributed by atoms with Gasteiger partial charge in [0, 0.05) is 0 Å². The zero-order chi connectivity index (χ0) is 13.0. The fraction of sp³-hybridized carbons (Fsp3) is 1.00. The van der Waals surface area contributed by atoms with Crippen molar-refractivity contribution in [1.82, 2.24) is 0 Å². The van der Waals surface area contributed by atoms with Gasteiger partial charge in [-0.1, -0.05) is 78.6 Å². The maximum Gasteiger partial charge on any atom is -0.00773 e. The van der Waals surface area contributed by atoms with Gasteiger partial charge in [-0.15, -0.1) is 0 Å². The van der Waals surface area contributed by atoms with Gasteiger partial charge in [0.25, 0.3) is 0 Å². The summed E-state index contributed by atoms with van der Waals surface area (Å²) in [6, 6.07) is 0. The van der Waals surface area contributed by atoms with E-state index in [-0.39, 0.29) is 0 Å². The van der Waals surface area contributed by atoms with Crippen molar-refractivity contribution in [2.75, 3.05) is 6.54 Å². The number of rotatable bonds is 12. The molecule has 0 atom stereocenters. The second kappa shape index (κ2) is 11.1. The largest absolute Gasteiger partial charge is 0.330 e. The van der Waals surface area contributed by atoms with Crippen LogP contribution in [0.4, 0.5) is 0 Å². The highest BCUT2D eigenvalue weighted by atomic mass is 14.5. The molecule has 1 nitrogen and oxygen atoms in total. The molecule has 0 rings (SSSR count). The average molecular weight is 241 g/mol. The van der Waals surface area contributed by atoms with E-state index in [2.05, 4.69) is 20.8 Å². The van der Waals surface area contributed by atoms with Crippen LogP contribution in [0.5, 0.6) is 0 Å². The van der Waals surface area contributed by atoms with Crippen molar-refractivity contribution in [2.45, 2.75) is 91.4 Å². The summed E-state index contributed by atoms with van der Waals surface area (Å²) in [5, 5.41) is 0. The molecule has 104 valence electrons. The maximum atomic E-state index is 5.48. The van der Waals surface area contributed by atoms with Crippen LogP contribution >= 0.6 is 0 Å². The molecule has 0 bridgehead atoms. The summed E-state index contributed by atoms with van der Waals surface area (Å²) in [5.74, 6) is 0. The Morgan fingerprint density at radius 1 is 0.647 bits per heavy atom. The highest BCUT2D eigenvalue weighted by molar-refractivity contribution is 4.74. The van der Waals surface area contributed by atoms with Crippen molar-refractivity contribution in [1.29, 1.82) is 0 Å². The lowest BCUT2D eigenvalue weighted by Gasteiger charge is -2.30. The van der Waals surface area contributed by atoms with E-state index >= 15 is 0 Å². The molecule has 0 unspecified atom stereocenters. The van der Waals surface area contributed by atoms with Gasteiger partial charge in [-0.3, -0.25) is 0 Å². The maximum absolute atomic E-state index is 5.48. The van der Waals surface area contributed by atoms with Gasteiger partial charge < -0.3 is 5.73 Å². The Morgan fingerprint density at radius 2 is 1.06 bits per heavy atom. The Morgan fingerprint density at radius 3 is 1.47 bits per heavy atom. The Balaban J connectivity index is 3.43. The number of hydrogen-bond donors (Lipinski definition) is 1. The minimum atomic E-state index is 0.652. The summed E-state index contributed by atoms with van der Waals surface area (Å²) in [6.45, 7) is 7.95. The van der Waals surface area contributed by atoms with Crippen LogP contribution in [0.1, 0.15) is 91.4 Å². The normalized spacial score (nSPS) is 12.0. The van der Waals surface area contributed by atoms with Crippen molar-refractivity contribution in [3.05, 3.63) is 0 Å². The summed E-state index contributed by atoms with van der Waals surface area (Å²) in [4.78, 5) is 0. The van der Waals surface area contributed by atoms with Crippen LogP contribution in [-0.4, -0.2) is 6.54 Å². The predicted molar refractivity (Wildman–Crippen MR) is 79.3 cm³/mol. The SMILES string of the molecule is CCC(CC)(CC)CCCCCCCCCN. The standard InChI is InChI=1S/C16H35N/c1-4-16(5-2,6-3)14-12-10-8-7-9-11-13-15-17/h4-15,17H2,1-3H3. The lowest BCUT2D eigenvalue weighted by molar-refractivity contribution is 0.220. The first kappa shape index (κ1) is 17.0. The van der Waals surface area contributed by atoms with Crippen molar-refractivity contribution in [3.63, 3.8) is 0 Å². The van der Waals surface area contributed by atoms with E-state index in [9.17, 15) is 0 Å². The molecule has 17 heavy (non-hydrogen) atoms. The summed E-state index contributed by atoms with van der Waals surface area (Å²) < 4.78 is 0. The van der Waals surface area contributed by atoms with Crippen LogP contribution in [0.25, 0.3) is 0 Å². The Labute approximate surface area is 110 Å². The minimum Gasteiger partial charge on any atom is -0.330 e. The van der Waals surface area contributed by atoms with E-state index < -0.39 is 0 Å². The number of nitrogens with two attached hydrogens (primary N) is 1. The Kier molecular flexibility index (Phi) is 11.0. The van der Waals surface area contributed by atoms with Gasteiger partial charge >= 0.3 is 0 Å². The van der Waals surface area contributed by atoms with Gasteiger partial charge in [-0.05, 0) is 24.8 Å². The predicted octanol–water partition coefficient (Wildman–Crippen LogP) is 5.28. The molecule has 0 fully saturated rings. The fourth-order valence-corrected chi connectivity index (χ4v) is 2.81. The summed E-state index contributed by atoms with van der Waals surface area (Å²) in [5.41, 5.74) is 6.14. The van der Waals surface area contributed by atoms with Gasteiger partial charge in [0.1, 0.15) is 0 Å². The smallest absolute Gasteiger partial charge is 0.00773 e. The molecular weight excluding hydrogens is 206 g/mol. The molecular formula is C16H35N. The van der Waals surface area contributed by atoms with E-state index in [1.54, 1.807) is 0 Å². The zero-order valence-electron chi connectivity index (χ0n) is 12.6. The third-order valence-corrected chi connectivity index (χ3v) is 4.66. The molecule has 0 aliphatic heterocycles. The lowest BCUT2D eigenvalue weighted by atomic mass is 9.75. The van der Waals surface area contributed by atoms with Crippen molar-refractivity contribution >= 4 is 0 Å². The van der Waals surface area contributed by atoms with Crippen LogP contribution in [-0.2, 0) is 0 Å². The van der Waals surface area contributed by atoms with Crippen LogP contribution < -0.4 is 5.73 Å². The molecule has 2 N–H and O–H groups in total. The molecule has 0 aliphatic rings. The molecule has 0 saturated carbocycles. The van der Waals surface area contributed by atoms with Gasteiger partial charge in [0.15, 0.2) is 0 Å². The zero-order valence-corrected chi connectivity index (χ0v) is 12.6. The fourth-order valence-electron chi connectivity index (χ4n) is 2.81. The average Bonchev–Trinajstić information content (AvgIpc) is 2.38. The minimum absolute atomic E-state index is 0.652. The van der Waals surface area contributed by atoms with E-state index in [0.29, 0.717) is 5.41 Å². The van der Waals surface area contributed by atoms with Gasteiger partial charge in [-0.2, -0.15) is 0 Å². The van der Waals surface area contributed by atoms with Crippen molar-refractivity contribution in [2.24, 2.45) is 11.1 Å². The number of unbranched alkanes of at least 4 members (excludes halogenated alkanes) is 6. The van der Waals surface area contributed by atoms with Crippen LogP contribution in [0.3, 0.4) is 0 Å². The molecule has 0 saturated heterocycles. The van der Waals surface area contributed by atoms with Crippen LogP contribution in [0.2, 0.25) is 0 Å². The summed E-state index contributed by atoms with van der Waals surface area (Å²) >= 11 is 0. The summed E-state index contributed by atoms with van der Waals surface area (Å²) in [7, 11) is 0. The van der Waals surface area contributed by atoms with Gasteiger partial charge in [-0.25, -0.2) is 0 Å².